The van der Waals surface area contributed by atoms with Crippen molar-refractivity contribution in [2.45, 2.75) is 6.10 Å². The Balaban J connectivity index is 0.00000144. The lowest BCUT2D eigenvalue weighted by Gasteiger charge is -2.08. The van der Waals surface area contributed by atoms with Crippen molar-refractivity contribution >= 4 is 35.6 Å². The molecule has 1 aromatic rings. The molecule has 0 heterocycles. The summed E-state index contributed by atoms with van der Waals surface area (Å²) in [6, 6.07) is 4.95. The highest BCUT2D eigenvalue weighted by atomic mass is 35.5. The van der Waals surface area contributed by atoms with E-state index >= 15 is 0 Å². The quantitative estimate of drug-likeness (QED) is 0.837. The Morgan fingerprint density at radius 2 is 1.92 bits per heavy atom. The summed E-state index contributed by atoms with van der Waals surface area (Å²) in [4.78, 5) is 0. The van der Waals surface area contributed by atoms with Gasteiger partial charge in [-0.25, -0.2) is 0 Å². The zero-order valence-electron chi connectivity index (χ0n) is 6.71. The monoisotopic (exact) mass is 241 g/mol. The van der Waals surface area contributed by atoms with E-state index in [0.29, 0.717) is 15.6 Å². The first-order valence-corrected chi connectivity index (χ1v) is 4.24. The van der Waals surface area contributed by atoms with Gasteiger partial charge >= 0.3 is 0 Å². The third-order valence-electron chi connectivity index (χ3n) is 1.55. The van der Waals surface area contributed by atoms with E-state index in [1.54, 1.807) is 18.2 Å². The van der Waals surface area contributed by atoms with Crippen LogP contribution in [0.5, 0.6) is 0 Å². The van der Waals surface area contributed by atoms with Crippen LogP contribution < -0.4 is 5.73 Å². The lowest BCUT2D eigenvalue weighted by atomic mass is 10.1. The van der Waals surface area contributed by atoms with Gasteiger partial charge in [0.05, 0.1) is 16.1 Å². The standard InChI is InChI=1S/C8H9Cl2NO.ClH/c9-6-2-1-5(3-7(6)10)8(12)4-11;/h1-3,8,12H,4,11H2;1H/t8-;/m1./s1. The van der Waals surface area contributed by atoms with E-state index in [1.165, 1.54) is 0 Å². The Morgan fingerprint density at radius 3 is 2.38 bits per heavy atom. The summed E-state index contributed by atoms with van der Waals surface area (Å²) in [7, 11) is 0. The molecule has 0 radical (unpaired) electrons. The fraction of sp³-hybridized carbons (Fsp3) is 0.250. The highest BCUT2D eigenvalue weighted by Gasteiger charge is 2.06. The summed E-state index contributed by atoms with van der Waals surface area (Å²) in [5.74, 6) is 0. The molecule has 0 unspecified atom stereocenters. The molecule has 0 aliphatic rings. The zero-order chi connectivity index (χ0) is 9.14. The van der Waals surface area contributed by atoms with Gasteiger partial charge in [0, 0.05) is 6.54 Å². The first kappa shape index (κ1) is 13.0. The van der Waals surface area contributed by atoms with Gasteiger partial charge < -0.3 is 10.8 Å². The number of aliphatic hydroxyl groups excluding tert-OH is 1. The maximum absolute atomic E-state index is 9.32. The van der Waals surface area contributed by atoms with Gasteiger partial charge in [-0.3, -0.25) is 0 Å². The van der Waals surface area contributed by atoms with E-state index in [0.717, 1.165) is 0 Å². The van der Waals surface area contributed by atoms with E-state index in [9.17, 15) is 5.11 Å². The second-order valence-corrected chi connectivity index (χ2v) is 3.24. The molecule has 0 amide bonds. The highest BCUT2D eigenvalue weighted by molar-refractivity contribution is 6.42. The molecule has 13 heavy (non-hydrogen) atoms. The number of halogens is 3. The Morgan fingerprint density at radius 1 is 1.31 bits per heavy atom. The first-order valence-electron chi connectivity index (χ1n) is 3.48. The van der Waals surface area contributed by atoms with Crippen molar-refractivity contribution in [3.8, 4) is 0 Å². The Labute approximate surface area is 93.1 Å². The van der Waals surface area contributed by atoms with E-state index in [4.69, 9.17) is 28.9 Å². The average molecular weight is 243 g/mol. The van der Waals surface area contributed by atoms with Crippen molar-refractivity contribution in [2.75, 3.05) is 6.54 Å². The van der Waals surface area contributed by atoms with Gasteiger partial charge in [-0.2, -0.15) is 0 Å². The van der Waals surface area contributed by atoms with Crippen LogP contribution in [0.4, 0.5) is 0 Å². The first-order chi connectivity index (χ1) is 5.65. The van der Waals surface area contributed by atoms with Gasteiger partial charge in [0.2, 0.25) is 0 Å². The molecule has 0 aliphatic heterocycles. The van der Waals surface area contributed by atoms with Gasteiger partial charge in [-0.15, -0.1) is 12.4 Å². The molecular weight excluding hydrogens is 232 g/mol. The number of hydrogen-bond donors (Lipinski definition) is 2. The van der Waals surface area contributed by atoms with Crippen molar-refractivity contribution in [1.82, 2.24) is 0 Å². The molecule has 0 bridgehead atoms. The van der Waals surface area contributed by atoms with Gasteiger partial charge in [0.15, 0.2) is 0 Å². The molecule has 74 valence electrons. The summed E-state index contributed by atoms with van der Waals surface area (Å²) >= 11 is 11.4. The summed E-state index contributed by atoms with van der Waals surface area (Å²) in [6.07, 6.45) is -0.667. The highest BCUT2D eigenvalue weighted by Crippen LogP contribution is 2.25. The third-order valence-corrected chi connectivity index (χ3v) is 2.29. The van der Waals surface area contributed by atoms with Gasteiger partial charge in [0.1, 0.15) is 0 Å². The minimum atomic E-state index is -0.667. The molecule has 0 aliphatic carbocycles. The largest absolute Gasteiger partial charge is 0.387 e. The molecule has 0 spiro atoms. The maximum Gasteiger partial charge on any atom is 0.0912 e. The fourth-order valence-electron chi connectivity index (χ4n) is 0.856. The van der Waals surface area contributed by atoms with Crippen LogP contribution in [0, 0.1) is 0 Å². The predicted octanol–water partition coefficient (Wildman–Crippen LogP) is 2.41. The topological polar surface area (TPSA) is 46.2 Å². The van der Waals surface area contributed by atoms with Crippen LogP contribution in [0.3, 0.4) is 0 Å². The number of rotatable bonds is 2. The molecule has 0 saturated heterocycles. The third kappa shape index (κ3) is 3.33. The minimum Gasteiger partial charge on any atom is -0.387 e. The number of nitrogens with two attached hydrogens (primary N) is 1. The lowest BCUT2D eigenvalue weighted by Crippen LogP contribution is -2.11. The van der Waals surface area contributed by atoms with Crippen LogP contribution in [0.15, 0.2) is 18.2 Å². The second kappa shape index (κ2) is 5.68. The molecule has 2 nitrogen and oxygen atoms in total. The minimum absolute atomic E-state index is 0. The van der Waals surface area contributed by atoms with E-state index in [1.807, 2.05) is 0 Å². The van der Waals surface area contributed by atoms with Gasteiger partial charge in [-0.1, -0.05) is 29.3 Å². The van der Waals surface area contributed by atoms with Crippen molar-refractivity contribution in [1.29, 1.82) is 0 Å². The molecule has 0 saturated carbocycles. The second-order valence-electron chi connectivity index (χ2n) is 2.43. The molecule has 5 heteroatoms. The van der Waals surface area contributed by atoms with Gasteiger partial charge in [-0.05, 0) is 17.7 Å². The van der Waals surface area contributed by atoms with Crippen LogP contribution in [0.2, 0.25) is 10.0 Å². The fourth-order valence-corrected chi connectivity index (χ4v) is 1.16. The van der Waals surface area contributed by atoms with Crippen molar-refractivity contribution in [3.05, 3.63) is 33.8 Å². The Bertz CT molecular complexity index is 280. The summed E-state index contributed by atoms with van der Waals surface area (Å²) < 4.78 is 0. The molecule has 1 aromatic carbocycles. The van der Waals surface area contributed by atoms with Crippen molar-refractivity contribution in [3.63, 3.8) is 0 Å². The summed E-state index contributed by atoms with van der Waals surface area (Å²) in [5, 5.41) is 10.2. The number of benzene rings is 1. The van der Waals surface area contributed by atoms with E-state index in [2.05, 4.69) is 0 Å². The molecule has 0 fully saturated rings. The Kier molecular flexibility index (Phi) is 5.68. The van der Waals surface area contributed by atoms with Crippen molar-refractivity contribution < 1.29 is 5.11 Å². The van der Waals surface area contributed by atoms with Crippen LogP contribution >= 0.6 is 35.6 Å². The summed E-state index contributed by atoms with van der Waals surface area (Å²) in [6.45, 7) is 0.179. The lowest BCUT2D eigenvalue weighted by molar-refractivity contribution is 0.187. The normalized spacial score (nSPS) is 12.0. The Hall–Kier alpha value is 0.01000. The van der Waals surface area contributed by atoms with Crippen molar-refractivity contribution in [2.24, 2.45) is 5.73 Å². The number of aliphatic hydroxyl groups is 1. The van der Waals surface area contributed by atoms with E-state index < -0.39 is 6.10 Å². The van der Waals surface area contributed by atoms with Crippen LogP contribution in [0.1, 0.15) is 11.7 Å². The van der Waals surface area contributed by atoms with Gasteiger partial charge in [0.25, 0.3) is 0 Å². The smallest absolute Gasteiger partial charge is 0.0912 e. The predicted molar refractivity (Wildman–Crippen MR) is 57.7 cm³/mol. The van der Waals surface area contributed by atoms with Crippen LogP contribution in [-0.4, -0.2) is 11.7 Å². The molecule has 1 rings (SSSR count). The van der Waals surface area contributed by atoms with Crippen LogP contribution in [0.25, 0.3) is 0 Å². The average Bonchev–Trinajstić information content (AvgIpc) is 2.08. The molecule has 1 atom stereocenters. The molecular formula is C8H10Cl3NO. The molecule has 0 aromatic heterocycles. The van der Waals surface area contributed by atoms with E-state index in [-0.39, 0.29) is 19.0 Å². The number of hydrogen-bond acceptors (Lipinski definition) is 2. The zero-order valence-corrected chi connectivity index (χ0v) is 9.03. The maximum atomic E-state index is 9.32. The summed E-state index contributed by atoms with van der Waals surface area (Å²) in [5.41, 5.74) is 5.95. The SMILES string of the molecule is Cl.NC[C@@H](O)c1ccc(Cl)c(Cl)c1. The van der Waals surface area contributed by atoms with Crippen LogP contribution in [-0.2, 0) is 0 Å². The molecule has 3 N–H and O–H groups in total.